The molecular weight excluding hydrogens is 270 g/mol. The Bertz CT molecular complexity index is 683. The van der Waals surface area contributed by atoms with Crippen molar-refractivity contribution in [3.05, 3.63) is 69.7 Å². The highest BCUT2D eigenvalue weighted by molar-refractivity contribution is 6.34. The van der Waals surface area contributed by atoms with E-state index in [4.69, 9.17) is 11.6 Å². The van der Waals surface area contributed by atoms with E-state index in [2.05, 4.69) is 6.07 Å². The van der Waals surface area contributed by atoms with Crippen LogP contribution in [0.4, 0.5) is 0 Å². The van der Waals surface area contributed by atoms with Crippen LogP contribution in [0.15, 0.2) is 42.5 Å². The molecule has 0 heterocycles. The van der Waals surface area contributed by atoms with Gasteiger partial charge in [0.25, 0.3) is 0 Å². The molecule has 1 unspecified atom stereocenters. The van der Waals surface area contributed by atoms with Gasteiger partial charge in [-0.2, -0.15) is 5.26 Å². The molecule has 2 aromatic carbocycles. The van der Waals surface area contributed by atoms with E-state index in [1.54, 1.807) is 12.1 Å². The predicted molar refractivity (Wildman–Crippen MR) is 80.1 cm³/mol. The summed E-state index contributed by atoms with van der Waals surface area (Å²) in [5.41, 5.74) is 3.16. The maximum Gasteiger partial charge on any atom is 0.185 e. The Kier molecular flexibility index (Phi) is 4.22. The van der Waals surface area contributed by atoms with E-state index in [-0.39, 0.29) is 5.78 Å². The zero-order valence-electron chi connectivity index (χ0n) is 11.4. The maximum absolute atomic E-state index is 12.5. The Hall–Kier alpha value is -2.11. The monoisotopic (exact) mass is 283 g/mol. The third kappa shape index (κ3) is 2.89. The molecule has 2 aromatic rings. The zero-order valence-corrected chi connectivity index (χ0v) is 12.1. The lowest BCUT2D eigenvalue weighted by molar-refractivity contribution is 0.0979. The van der Waals surface area contributed by atoms with E-state index < -0.39 is 5.92 Å². The molecule has 0 aliphatic heterocycles. The fraction of sp³-hybridized carbons (Fsp3) is 0.176. The highest BCUT2D eigenvalue weighted by Crippen LogP contribution is 2.26. The summed E-state index contributed by atoms with van der Waals surface area (Å²) < 4.78 is 0. The standard InChI is InChI=1S/C17H14ClNO/c1-11-3-6-13(7-4-11)15(10-19)17(20)14-8-5-12(2)9-16(14)18/h3-9,15H,1-2H3. The molecule has 0 spiro atoms. The second kappa shape index (κ2) is 5.90. The second-order valence-electron chi connectivity index (χ2n) is 4.82. The van der Waals surface area contributed by atoms with Crippen molar-refractivity contribution in [2.24, 2.45) is 0 Å². The minimum atomic E-state index is -0.823. The molecule has 0 aromatic heterocycles. The molecule has 0 radical (unpaired) electrons. The van der Waals surface area contributed by atoms with Gasteiger partial charge >= 0.3 is 0 Å². The average Bonchev–Trinajstić information content (AvgIpc) is 2.41. The van der Waals surface area contributed by atoms with Crippen LogP contribution in [0.1, 0.15) is 33.0 Å². The molecule has 0 saturated heterocycles. The van der Waals surface area contributed by atoms with Gasteiger partial charge in [0.05, 0.1) is 11.1 Å². The summed E-state index contributed by atoms with van der Waals surface area (Å²) in [4.78, 5) is 12.5. The van der Waals surface area contributed by atoms with Crippen molar-refractivity contribution in [3.63, 3.8) is 0 Å². The second-order valence-corrected chi connectivity index (χ2v) is 5.23. The average molecular weight is 284 g/mol. The molecule has 20 heavy (non-hydrogen) atoms. The van der Waals surface area contributed by atoms with Crippen molar-refractivity contribution in [1.29, 1.82) is 5.26 Å². The van der Waals surface area contributed by atoms with Gasteiger partial charge in [0.2, 0.25) is 0 Å². The van der Waals surface area contributed by atoms with Crippen LogP contribution in [-0.4, -0.2) is 5.78 Å². The minimum Gasteiger partial charge on any atom is -0.292 e. The Labute approximate surface area is 123 Å². The van der Waals surface area contributed by atoms with Crippen molar-refractivity contribution in [2.75, 3.05) is 0 Å². The normalized spacial score (nSPS) is 11.7. The van der Waals surface area contributed by atoms with Gasteiger partial charge in [-0.05, 0) is 37.1 Å². The van der Waals surface area contributed by atoms with Crippen LogP contribution in [0.25, 0.3) is 0 Å². The number of aryl methyl sites for hydroxylation is 2. The molecule has 0 bridgehead atoms. The van der Waals surface area contributed by atoms with Gasteiger partial charge in [0, 0.05) is 5.56 Å². The predicted octanol–water partition coefficient (Wildman–Crippen LogP) is 4.45. The number of hydrogen-bond acceptors (Lipinski definition) is 2. The van der Waals surface area contributed by atoms with Crippen molar-refractivity contribution in [3.8, 4) is 6.07 Å². The number of Topliss-reactive ketones (excluding diaryl/α,β-unsaturated/α-hetero) is 1. The van der Waals surface area contributed by atoms with Gasteiger partial charge < -0.3 is 0 Å². The van der Waals surface area contributed by atoms with E-state index in [1.165, 1.54) is 0 Å². The summed E-state index contributed by atoms with van der Waals surface area (Å²) in [5.74, 6) is -1.09. The van der Waals surface area contributed by atoms with Gasteiger partial charge in [-0.15, -0.1) is 0 Å². The first-order valence-electron chi connectivity index (χ1n) is 6.29. The molecule has 0 aliphatic carbocycles. The Morgan fingerprint density at radius 2 is 1.70 bits per heavy atom. The zero-order chi connectivity index (χ0) is 14.7. The van der Waals surface area contributed by atoms with Gasteiger partial charge in [-0.3, -0.25) is 4.79 Å². The quantitative estimate of drug-likeness (QED) is 0.781. The molecule has 100 valence electrons. The molecule has 0 fully saturated rings. The molecule has 0 amide bonds. The van der Waals surface area contributed by atoms with E-state index in [9.17, 15) is 10.1 Å². The highest BCUT2D eigenvalue weighted by atomic mass is 35.5. The molecule has 2 nitrogen and oxygen atoms in total. The van der Waals surface area contributed by atoms with Crippen LogP contribution < -0.4 is 0 Å². The van der Waals surface area contributed by atoms with Crippen LogP contribution in [0.5, 0.6) is 0 Å². The summed E-state index contributed by atoms with van der Waals surface area (Å²) in [6.07, 6.45) is 0. The number of halogens is 1. The lowest BCUT2D eigenvalue weighted by Gasteiger charge is -2.10. The fourth-order valence-corrected chi connectivity index (χ4v) is 2.35. The Morgan fingerprint density at radius 3 is 2.25 bits per heavy atom. The van der Waals surface area contributed by atoms with E-state index in [0.717, 1.165) is 11.1 Å². The lowest BCUT2D eigenvalue weighted by atomic mass is 9.91. The summed E-state index contributed by atoms with van der Waals surface area (Å²) >= 11 is 6.11. The van der Waals surface area contributed by atoms with E-state index in [1.807, 2.05) is 44.2 Å². The molecule has 0 N–H and O–H groups in total. The van der Waals surface area contributed by atoms with Crippen molar-refractivity contribution < 1.29 is 4.79 Å². The number of rotatable bonds is 3. The van der Waals surface area contributed by atoms with Gasteiger partial charge in [-0.25, -0.2) is 0 Å². The van der Waals surface area contributed by atoms with Crippen LogP contribution in [0, 0.1) is 25.2 Å². The number of carbonyl (C=O) groups excluding carboxylic acids is 1. The number of nitrogens with zero attached hydrogens (tertiary/aromatic N) is 1. The minimum absolute atomic E-state index is 0.263. The maximum atomic E-state index is 12.5. The largest absolute Gasteiger partial charge is 0.292 e. The first-order chi connectivity index (χ1) is 9.52. The first-order valence-corrected chi connectivity index (χ1v) is 6.67. The summed E-state index contributed by atoms with van der Waals surface area (Å²) in [6, 6.07) is 14.7. The van der Waals surface area contributed by atoms with Gasteiger partial charge in [-0.1, -0.05) is 47.5 Å². The number of carbonyl (C=O) groups is 1. The van der Waals surface area contributed by atoms with Gasteiger partial charge in [0.15, 0.2) is 5.78 Å². The Morgan fingerprint density at radius 1 is 1.10 bits per heavy atom. The number of hydrogen-bond donors (Lipinski definition) is 0. The molecule has 3 heteroatoms. The van der Waals surface area contributed by atoms with Crippen LogP contribution in [0.2, 0.25) is 5.02 Å². The SMILES string of the molecule is Cc1ccc(C(C#N)C(=O)c2ccc(C)cc2Cl)cc1. The number of benzene rings is 2. The van der Waals surface area contributed by atoms with Crippen molar-refractivity contribution >= 4 is 17.4 Å². The fourth-order valence-electron chi connectivity index (χ4n) is 2.02. The lowest BCUT2D eigenvalue weighted by Crippen LogP contribution is -2.12. The molecule has 2 rings (SSSR count). The van der Waals surface area contributed by atoms with E-state index >= 15 is 0 Å². The van der Waals surface area contributed by atoms with Crippen LogP contribution in [0.3, 0.4) is 0 Å². The first kappa shape index (κ1) is 14.3. The smallest absolute Gasteiger partial charge is 0.185 e. The van der Waals surface area contributed by atoms with Gasteiger partial charge in [0.1, 0.15) is 5.92 Å². The molecule has 1 atom stereocenters. The van der Waals surface area contributed by atoms with Crippen LogP contribution in [-0.2, 0) is 0 Å². The van der Waals surface area contributed by atoms with Crippen molar-refractivity contribution in [1.82, 2.24) is 0 Å². The summed E-state index contributed by atoms with van der Waals surface area (Å²) in [5, 5.41) is 9.70. The Balaban J connectivity index is 2.39. The molecule has 0 saturated carbocycles. The topological polar surface area (TPSA) is 40.9 Å². The summed E-state index contributed by atoms with van der Waals surface area (Å²) in [7, 11) is 0. The molecular formula is C17H14ClNO. The summed E-state index contributed by atoms with van der Waals surface area (Å²) in [6.45, 7) is 3.87. The number of ketones is 1. The molecule has 0 aliphatic rings. The van der Waals surface area contributed by atoms with E-state index in [0.29, 0.717) is 16.1 Å². The van der Waals surface area contributed by atoms with Crippen molar-refractivity contribution in [2.45, 2.75) is 19.8 Å². The third-order valence-electron chi connectivity index (χ3n) is 3.19. The number of nitriles is 1. The van der Waals surface area contributed by atoms with Crippen LogP contribution >= 0.6 is 11.6 Å². The third-order valence-corrected chi connectivity index (χ3v) is 3.50. The highest BCUT2D eigenvalue weighted by Gasteiger charge is 2.23.